The number of hydrogen-bond donors (Lipinski definition) is 0. The topological polar surface area (TPSA) is 44.8 Å². The Morgan fingerprint density at radius 3 is 2.24 bits per heavy atom. The largest absolute Gasteiger partial charge is 0.464 e. The van der Waals surface area contributed by atoms with Crippen LogP contribution >= 0.6 is 15.9 Å². The molecule has 0 radical (unpaired) electrons. The summed E-state index contributed by atoms with van der Waals surface area (Å²) in [5.74, 6) is -0.324. The van der Waals surface area contributed by atoms with Gasteiger partial charge in [0.25, 0.3) is 0 Å². The molecule has 4 nitrogen and oxygen atoms in total. The second-order valence-electron chi connectivity index (χ2n) is 6.73. The van der Waals surface area contributed by atoms with Crippen molar-refractivity contribution >= 4 is 30.5 Å². The van der Waals surface area contributed by atoms with Crippen molar-refractivity contribution in [1.29, 1.82) is 0 Å². The molecule has 25 heavy (non-hydrogen) atoms. The zero-order chi connectivity index (χ0) is 19.0. The van der Waals surface area contributed by atoms with Crippen LogP contribution in [0.2, 0.25) is 11.1 Å². The Kier molecular flexibility index (Phi) is 9.35. The first kappa shape index (κ1) is 22.3. The zero-order valence-corrected chi connectivity index (χ0v) is 18.8. The first-order valence-corrected chi connectivity index (χ1v) is 11.7. The minimum Gasteiger partial charge on any atom is -0.464 e. The van der Waals surface area contributed by atoms with E-state index in [1.807, 2.05) is 18.2 Å². The number of rotatable bonds is 10. The lowest BCUT2D eigenvalue weighted by atomic mass is 10.2. The molecule has 0 aromatic heterocycles. The lowest BCUT2D eigenvalue weighted by Crippen LogP contribution is -2.52. The predicted octanol–water partition coefficient (Wildman–Crippen LogP) is 5.24. The van der Waals surface area contributed by atoms with Gasteiger partial charge in [0.2, 0.25) is 0 Å². The quantitative estimate of drug-likeness (QED) is 0.376. The highest BCUT2D eigenvalue weighted by molar-refractivity contribution is 9.10. The summed E-state index contributed by atoms with van der Waals surface area (Å²) < 4.78 is 18.9. The Morgan fingerprint density at radius 2 is 1.72 bits per heavy atom. The Hall–Kier alpha value is -0.693. The molecule has 0 spiro atoms. The number of esters is 1. The van der Waals surface area contributed by atoms with Crippen molar-refractivity contribution in [2.45, 2.75) is 65.1 Å². The normalized spacial score (nSPS) is 13.3. The molecule has 0 unspecified atom stereocenters. The van der Waals surface area contributed by atoms with Gasteiger partial charge in [-0.2, -0.15) is 0 Å². The van der Waals surface area contributed by atoms with Gasteiger partial charge in [-0.15, -0.1) is 0 Å². The van der Waals surface area contributed by atoms with Crippen molar-refractivity contribution in [2.24, 2.45) is 0 Å². The molecule has 1 aromatic rings. The van der Waals surface area contributed by atoms with Crippen LogP contribution in [-0.4, -0.2) is 33.8 Å². The Morgan fingerprint density at radius 1 is 1.12 bits per heavy atom. The maximum Gasteiger partial charge on any atom is 0.344 e. The van der Waals surface area contributed by atoms with Crippen LogP contribution in [0.4, 0.5) is 0 Å². The van der Waals surface area contributed by atoms with E-state index in [1.165, 1.54) is 5.56 Å². The molecule has 0 saturated heterocycles. The third kappa shape index (κ3) is 6.20. The number of carbonyl (C=O) groups excluding carboxylic acids is 1. The number of carbonyl (C=O) groups is 1. The molecule has 0 heterocycles. The van der Waals surface area contributed by atoms with Gasteiger partial charge in [0, 0.05) is 11.1 Å². The van der Waals surface area contributed by atoms with E-state index in [-0.39, 0.29) is 17.1 Å². The summed E-state index contributed by atoms with van der Waals surface area (Å²) in [5.41, 5.74) is 1.66. The second kappa shape index (κ2) is 10.5. The van der Waals surface area contributed by atoms with E-state index < -0.39 is 14.7 Å². The molecule has 0 fully saturated rings. The minimum absolute atomic E-state index is 0.226. The summed E-state index contributed by atoms with van der Waals surface area (Å²) in [6.45, 7) is 12.9. The Labute approximate surface area is 161 Å². The standard InChI is InChI=1S/C19H31BrO4Si/c1-7-22-19(21)16(6)24-25(14(2)3,15(4)5)23-13-12-17-10-8-9-11-18(17)20/h8-11,14-16H,7,12-13H2,1-6H3/t16-/m0/s1. The van der Waals surface area contributed by atoms with Crippen molar-refractivity contribution in [3.63, 3.8) is 0 Å². The van der Waals surface area contributed by atoms with Crippen molar-refractivity contribution < 1.29 is 18.4 Å². The molecule has 0 saturated carbocycles. The summed E-state index contributed by atoms with van der Waals surface area (Å²) in [6, 6.07) is 8.14. The molecule has 0 aliphatic rings. The van der Waals surface area contributed by atoms with E-state index in [0.717, 1.165) is 10.9 Å². The number of halogens is 1. The summed E-state index contributed by atoms with van der Waals surface area (Å²) in [4.78, 5) is 12.0. The number of benzene rings is 1. The molecular formula is C19H31BrO4Si. The van der Waals surface area contributed by atoms with Crippen molar-refractivity contribution in [3.8, 4) is 0 Å². The molecular weight excluding hydrogens is 400 g/mol. The van der Waals surface area contributed by atoms with Crippen molar-refractivity contribution in [3.05, 3.63) is 34.3 Å². The highest BCUT2D eigenvalue weighted by Crippen LogP contribution is 2.36. The second-order valence-corrected chi connectivity index (χ2v) is 11.9. The highest BCUT2D eigenvalue weighted by atomic mass is 79.9. The van der Waals surface area contributed by atoms with Gasteiger partial charge in [0.15, 0.2) is 0 Å². The van der Waals surface area contributed by atoms with Crippen LogP contribution in [0.25, 0.3) is 0 Å². The fourth-order valence-corrected chi connectivity index (χ4v) is 7.08. The third-order valence-electron chi connectivity index (χ3n) is 4.25. The molecule has 0 bridgehead atoms. The molecule has 1 atom stereocenters. The van der Waals surface area contributed by atoms with Crippen molar-refractivity contribution in [1.82, 2.24) is 0 Å². The minimum atomic E-state index is -2.59. The van der Waals surface area contributed by atoms with Crippen LogP contribution in [0.15, 0.2) is 28.7 Å². The fourth-order valence-electron chi connectivity index (χ4n) is 2.91. The van der Waals surface area contributed by atoms with Crippen LogP contribution in [0.5, 0.6) is 0 Å². The van der Waals surface area contributed by atoms with E-state index >= 15 is 0 Å². The molecule has 6 heteroatoms. The van der Waals surface area contributed by atoms with Crippen LogP contribution in [0, 0.1) is 0 Å². The smallest absolute Gasteiger partial charge is 0.344 e. The lowest BCUT2D eigenvalue weighted by Gasteiger charge is -2.39. The van der Waals surface area contributed by atoms with Crippen LogP contribution in [-0.2, 0) is 24.8 Å². The van der Waals surface area contributed by atoms with Gasteiger partial charge in [0.1, 0.15) is 6.10 Å². The predicted molar refractivity (Wildman–Crippen MR) is 107 cm³/mol. The molecule has 0 aliphatic carbocycles. The monoisotopic (exact) mass is 430 g/mol. The van der Waals surface area contributed by atoms with Gasteiger partial charge in [0.05, 0.1) is 6.61 Å². The van der Waals surface area contributed by atoms with Crippen LogP contribution < -0.4 is 0 Å². The van der Waals surface area contributed by atoms with E-state index in [4.69, 9.17) is 13.6 Å². The Bertz CT molecular complexity index is 540. The third-order valence-corrected chi connectivity index (χ3v) is 9.62. The molecule has 1 rings (SSSR count). The highest BCUT2D eigenvalue weighted by Gasteiger charge is 2.47. The fraction of sp³-hybridized carbons (Fsp3) is 0.632. The van der Waals surface area contributed by atoms with Crippen LogP contribution in [0.1, 0.15) is 47.1 Å². The van der Waals surface area contributed by atoms with E-state index in [9.17, 15) is 4.79 Å². The average molecular weight is 431 g/mol. The number of ether oxygens (including phenoxy) is 1. The lowest BCUT2D eigenvalue weighted by molar-refractivity contribution is -0.152. The average Bonchev–Trinajstić information content (AvgIpc) is 2.55. The van der Waals surface area contributed by atoms with E-state index in [1.54, 1.807) is 13.8 Å². The zero-order valence-electron chi connectivity index (χ0n) is 16.2. The molecule has 0 aliphatic heterocycles. The molecule has 1 aromatic carbocycles. The first-order chi connectivity index (χ1) is 11.7. The van der Waals surface area contributed by atoms with Crippen molar-refractivity contribution in [2.75, 3.05) is 13.2 Å². The van der Waals surface area contributed by atoms with Gasteiger partial charge in [-0.25, -0.2) is 4.79 Å². The molecule has 142 valence electrons. The summed E-state index contributed by atoms with van der Waals surface area (Å²) in [5, 5.41) is 0. The van der Waals surface area contributed by atoms with Gasteiger partial charge in [-0.05, 0) is 43.0 Å². The summed E-state index contributed by atoms with van der Waals surface area (Å²) >= 11 is 3.57. The Balaban J connectivity index is 2.85. The number of hydrogen-bond acceptors (Lipinski definition) is 4. The SMILES string of the molecule is CCOC(=O)[C@H](C)O[Si](OCCc1ccccc1Br)(C(C)C)C(C)C. The maximum atomic E-state index is 12.0. The first-order valence-electron chi connectivity index (χ1n) is 8.96. The molecule has 0 N–H and O–H groups in total. The van der Waals surface area contributed by atoms with Gasteiger partial charge in [-0.1, -0.05) is 61.8 Å². The van der Waals surface area contributed by atoms with Gasteiger partial charge in [-0.3, -0.25) is 0 Å². The van der Waals surface area contributed by atoms with E-state index in [2.05, 4.69) is 49.7 Å². The van der Waals surface area contributed by atoms with E-state index in [0.29, 0.717) is 13.2 Å². The summed E-state index contributed by atoms with van der Waals surface area (Å²) in [6.07, 6.45) is 0.187. The van der Waals surface area contributed by atoms with Gasteiger partial charge >= 0.3 is 14.5 Å². The van der Waals surface area contributed by atoms with Gasteiger partial charge < -0.3 is 13.6 Å². The molecule has 0 amide bonds. The maximum absolute atomic E-state index is 12.0. The van der Waals surface area contributed by atoms with Crippen LogP contribution in [0.3, 0.4) is 0 Å². The summed E-state index contributed by atoms with van der Waals surface area (Å²) in [7, 11) is -2.59.